The predicted octanol–water partition coefficient (Wildman–Crippen LogP) is 2.68. The van der Waals surface area contributed by atoms with Crippen molar-refractivity contribution < 1.29 is 14.7 Å². The summed E-state index contributed by atoms with van der Waals surface area (Å²) in [5, 5.41) is 8.66. The van der Waals surface area contributed by atoms with E-state index in [1.165, 1.54) is 6.07 Å². The largest absolute Gasteiger partial charge is 0.477 e. The van der Waals surface area contributed by atoms with Crippen molar-refractivity contribution in [3.05, 3.63) is 21.9 Å². The van der Waals surface area contributed by atoms with E-state index >= 15 is 0 Å². The van der Waals surface area contributed by atoms with Crippen LogP contribution in [0.15, 0.2) is 12.1 Å². The molecule has 0 bridgehead atoms. The molecular weight excluding hydrogens is 200 g/mol. The fourth-order valence-corrected chi connectivity index (χ4v) is 1.87. The molecule has 1 aromatic heterocycles. The number of aromatic carboxylic acids is 1. The minimum Gasteiger partial charge on any atom is -0.477 e. The van der Waals surface area contributed by atoms with Gasteiger partial charge < -0.3 is 5.11 Å². The molecule has 4 heteroatoms. The van der Waals surface area contributed by atoms with Crippen LogP contribution in [0.5, 0.6) is 0 Å². The molecule has 0 aliphatic carbocycles. The highest BCUT2D eigenvalue weighted by Crippen LogP contribution is 2.19. The summed E-state index contributed by atoms with van der Waals surface area (Å²) < 4.78 is 0. The Balaban J connectivity index is 2.76. The quantitative estimate of drug-likeness (QED) is 0.780. The van der Waals surface area contributed by atoms with Gasteiger partial charge in [-0.05, 0) is 18.1 Å². The molecule has 76 valence electrons. The van der Waals surface area contributed by atoms with Crippen LogP contribution in [0.4, 0.5) is 0 Å². The van der Waals surface area contributed by atoms with E-state index < -0.39 is 5.97 Å². The van der Waals surface area contributed by atoms with Gasteiger partial charge in [0.2, 0.25) is 0 Å². The van der Waals surface area contributed by atoms with Crippen molar-refractivity contribution in [3.63, 3.8) is 0 Å². The summed E-state index contributed by atoms with van der Waals surface area (Å²) >= 11 is 1.04. The highest BCUT2D eigenvalue weighted by atomic mass is 32.1. The molecule has 1 aromatic rings. The molecule has 14 heavy (non-hydrogen) atoms. The minimum atomic E-state index is -0.974. The molecule has 0 aliphatic rings. The maximum absolute atomic E-state index is 11.5. The van der Waals surface area contributed by atoms with Gasteiger partial charge in [0.1, 0.15) is 4.88 Å². The smallest absolute Gasteiger partial charge is 0.345 e. The van der Waals surface area contributed by atoms with Gasteiger partial charge in [-0.3, -0.25) is 4.79 Å². The molecular formula is C10H12O3S. The van der Waals surface area contributed by atoms with Crippen molar-refractivity contribution in [2.24, 2.45) is 5.92 Å². The van der Waals surface area contributed by atoms with Crippen LogP contribution in [-0.4, -0.2) is 16.9 Å². The first-order valence-corrected chi connectivity index (χ1v) is 5.18. The second kappa shape index (κ2) is 4.37. The van der Waals surface area contributed by atoms with Crippen LogP contribution in [0.2, 0.25) is 0 Å². The first-order valence-electron chi connectivity index (χ1n) is 4.37. The van der Waals surface area contributed by atoms with Crippen molar-refractivity contribution in [1.82, 2.24) is 0 Å². The van der Waals surface area contributed by atoms with Crippen LogP contribution in [0.1, 0.15) is 39.6 Å². The minimum absolute atomic E-state index is 0.0255. The van der Waals surface area contributed by atoms with Crippen LogP contribution in [0.3, 0.4) is 0 Å². The van der Waals surface area contributed by atoms with Gasteiger partial charge in [0.25, 0.3) is 0 Å². The lowest BCUT2D eigenvalue weighted by Gasteiger charge is -2.00. The Labute approximate surface area is 86.4 Å². The van der Waals surface area contributed by atoms with Gasteiger partial charge in [0.15, 0.2) is 5.78 Å². The van der Waals surface area contributed by atoms with E-state index in [2.05, 4.69) is 0 Å². The maximum atomic E-state index is 11.5. The molecule has 0 atom stereocenters. The van der Waals surface area contributed by atoms with Gasteiger partial charge >= 0.3 is 5.97 Å². The number of rotatable bonds is 4. The van der Waals surface area contributed by atoms with Crippen LogP contribution < -0.4 is 0 Å². The summed E-state index contributed by atoms with van der Waals surface area (Å²) in [5.41, 5.74) is 0. The highest BCUT2D eigenvalue weighted by molar-refractivity contribution is 7.15. The predicted molar refractivity (Wildman–Crippen MR) is 55.1 cm³/mol. The standard InChI is InChI=1S/C10H12O3S/c1-6(2)5-7(11)8-3-4-9(14-8)10(12)13/h3-4,6H,5H2,1-2H3,(H,12,13). The van der Waals surface area contributed by atoms with Gasteiger partial charge in [-0.25, -0.2) is 4.79 Å². The molecule has 0 fully saturated rings. The second-order valence-electron chi connectivity index (χ2n) is 3.49. The molecule has 1 N–H and O–H groups in total. The molecule has 0 spiro atoms. The summed E-state index contributed by atoms with van der Waals surface area (Å²) in [6.07, 6.45) is 0.472. The van der Waals surface area contributed by atoms with Crippen LogP contribution in [-0.2, 0) is 0 Å². The second-order valence-corrected chi connectivity index (χ2v) is 4.57. The van der Waals surface area contributed by atoms with Gasteiger partial charge in [0.05, 0.1) is 4.88 Å². The first-order chi connectivity index (χ1) is 6.50. The average Bonchev–Trinajstić information content (AvgIpc) is 2.50. The molecule has 1 rings (SSSR count). The monoisotopic (exact) mass is 212 g/mol. The third-order valence-corrected chi connectivity index (χ3v) is 2.80. The Morgan fingerprint density at radius 3 is 2.36 bits per heavy atom. The zero-order valence-electron chi connectivity index (χ0n) is 8.11. The first kappa shape index (κ1) is 10.9. The number of carbonyl (C=O) groups excluding carboxylic acids is 1. The van der Waals surface area contributed by atoms with Gasteiger partial charge in [-0.15, -0.1) is 11.3 Å². The Kier molecular flexibility index (Phi) is 3.41. The number of thiophene rings is 1. The molecule has 0 saturated carbocycles. The van der Waals surface area contributed by atoms with E-state index in [4.69, 9.17) is 5.11 Å². The van der Waals surface area contributed by atoms with Crippen LogP contribution in [0, 0.1) is 5.92 Å². The van der Waals surface area contributed by atoms with Crippen molar-refractivity contribution in [2.45, 2.75) is 20.3 Å². The van der Waals surface area contributed by atoms with E-state index in [9.17, 15) is 9.59 Å². The number of Topliss-reactive ketones (excluding diaryl/α,β-unsaturated/α-hetero) is 1. The van der Waals surface area contributed by atoms with E-state index in [1.54, 1.807) is 6.07 Å². The summed E-state index contributed by atoms with van der Waals surface area (Å²) in [5.74, 6) is -0.644. The fraction of sp³-hybridized carbons (Fsp3) is 0.400. The van der Waals surface area contributed by atoms with E-state index in [-0.39, 0.29) is 10.7 Å². The molecule has 1 heterocycles. The topological polar surface area (TPSA) is 54.4 Å². The molecule has 0 aromatic carbocycles. The fourth-order valence-electron chi connectivity index (χ4n) is 1.07. The number of ketones is 1. The van der Waals surface area contributed by atoms with Crippen molar-refractivity contribution >= 4 is 23.1 Å². The Hall–Kier alpha value is -1.16. The Morgan fingerprint density at radius 1 is 1.36 bits per heavy atom. The molecule has 0 aliphatic heterocycles. The normalized spacial score (nSPS) is 10.5. The number of hydrogen-bond acceptors (Lipinski definition) is 3. The Bertz CT molecular complexity index is 352. The van der Waals surface area contributed by atoms with Gasteiger partial charge in [0, 0.05) is 6.42 Å². The number of carbonyl (C=O) groups is 2. The van der Waals surface area contributed by atoms with E-state index in [1.807, 2.05) is 13.8 Å². The summed E-state index contributed by atoms with van der Waals surface area (Å²) in [7, 11) is 0. The lowest BCUT2D eigenvalue weighted by Crippen LogP contribution is -2.00. The number of hydrogen-bond donors (Lipinski definition) is 1. The molecule has 0 saturated heterocycles. The molecule has 3 nitrogen and oxygen atoms in total. The zero-order chi connectivity index (χ0) is 10.7. The number of carboxylic acid groups (broad SMARTS) is 1. The molecule has 0 amide bonds. The van der Waals surface area contributed by atoms with Crippen molar-refractivity contribution in [3.8, 4) is 0 Å². The SMILES string of the molecule is CC(C)CC(=O)c1ccc(C(=O)O)s1. The van der Waals surface area contributed by atoms with E-state index in [0.29, 0.717) is 17.2 Å². The van der Waals surface area contributed by atoms with E-state index in [0.717, 1.165) is 11.3 Å². The lowest BCUT2D eigenvalue weighted by atomic mass is 10.1. The van der Waals surface area contributed by atoms with Gasteiger partial charge in [-0.1, -0.05) is 13.8 Å². The third-order valence-electron chi connectivity index (χ3n) is 1.69. The zero-order valence-corrected chi connectivity index (χ0v) is 8.93. The number of carboxylic acids is 1. The molecule has 0 radical (unpaired) electrons. The van der Waals surface area contributed by atoms with Crippen LogP contribution >= 0.6 is 11.3 Å². The summed E-state index contributed by atoms with van der Waals surface area (Å²) in [6.45, 7) is 3.92. The summed E-state index contributed by atoms with van der Waals surface area (Å²) in [4.78, 5) is 22.8. The molecule has 0 unspecified atom stereocenters. The Morgan fingerprint density at radius 2 is 1.93 bits per heavy atom. The van der Waals surface area contributed by atoms with Crippen molar-refractivity contribution in [2.75, 3.05) is 0 Å². The highest BCUT2D eigenvalue weighted by Gasteiger charge is 2.13. The summed E-state index contributed by atoms with van der Waals surface area (Å²) in [6, 6.07) is 3.05. The van der Waals surface area contributed by atoms with Crippen molar-refractivity contribution in [1.29, 1.82) is 0 Å². The van der Waals surface area contributed by atoms with Gasteiger partial charge in [-0.2, -0.15) is 0 Å². The third kappa shape index (κ3) is 2.67. The lowest BCUT2D eigenvalue weighted by molar-refractivity contribution is 0.0702. The average molecular weight is 212 g/mol. The van der Waals surface area contributed by atoms with Crippen LogP contribution in [0.25, 0.3) is 0 Å². The maximum Gasteiger partial charge on any atom is 0.345 e.